The molecule has 1 fully saturated rings. The van der Waals surface area contributed by atoms with Gasteiger partial charge in [0.25, 0.3) is 0 Å². The van der Waals surface area contributed by atoms with E-state index in [9.17, 15) is 0 Å². The lowest BCUT2D eigenvalue weighted by molar-refractivity contribution is -0.0217. The first kappa shape index (κ1) is 17.5. The summed E-state index contributed by atoms with van der Waals surface area (Å²) >= 11 is 0. The van der Waals surface area contributed by atoms with Crippen molar-refractivity contribution in [2.75, 3.05) is 13.2 Å². The van der Waals surface area contributed by atoms with Gasteiger partial charge in [0, 0.05) is 6.61 Å². The Bertz CT molecular complexity index is 392. The van der Waals surface area contributed by atoms with Crippen LogP contribution < -0.4 is 5.32 Å². The van der Waals surface area contributed by atoms with Crippen molar-refractivity contribution < 1.29 is 4.74 Å². The van der Waals surface area contributed by atoms with Gasteiger partial charge in [0.05, 0.1) is 0 Å². The predicted octanol–water partition coefficient (Wildman–Crippen LogP) is 4.79. The smallest absolute Gasteiger partial charge is 0.110 e. The van der Waals surface area contributed by atoms with Crippen LogP contribution in [0.1, 0.15) is 57.9 Å². The molecular formula is C20H33NO. The van der Waals surface area contributed by atoms with E-state index in [2.05, 4.69) is 49.5 Å². The third kappa shape index (κ3) is 6.10. The molecule has 0 bridgehead atoms. The van der Waals surface area contributed by atoms with Crippen molar-refractivity contribution in [3.05, 3.63) is 35.9 Å². The Balaban J connectivity index is 1.67. The van der Waals surface area contributed by atoms with Gasteiger partial charge in [-0.1, -0.05) is 63.4 Å². The molecule has 0 amide bonds. The SMILES string of the molecule is CC1CCCCCNC(OCCCCc2ccccc2)C1C. The molecule has 0 spiro atoms. The van der Waals surface area contributed by atoms with Gasteiger partial charge in [-0.3, -0.25) is 5.32 Å². The summed E-state index contributed by atoms with van der Waals surface area (Å²) in [5.41, 5.74) is 1.44. The minimum absolute atomic E-state index is 0.241. The fourth-order valence-corrected chi connectivity index (χ4v) is 3.26. The van der Waals surface area contributed by atoms with Gasteiger partial charge in [0.1, 0.15) is 6.23 Å². The second-order valence-corrected chi connectivity index (χ2v) is 6.87. The average Bonchev–Trinajstić information content (AvgIpc) is 2.62. The standard InChI is InChI=1S/C20H33NO/c1-17-11-5-4-9-15-21-20(18(17)2)22-16-10-8-14-19-12-6-3-7-13-19/h3,6-7,12-13,17-18,20-21H,4-5,8-11,14-16H2,1-2H3. The van der Waals surface area contributed by atoms with Gasteiger partial charge in [-0.05, 0) is 49.6 Å². The largest absolute Gasteiger partial charge is 0.363 e. The van der Waals surface area contributed by atoms with Gasteiger partial charge < -0.3 is 4.74 Å². The zero-order valence-corrected chi connectivity index (χ0v) is 14.4. The first-order valence-electron chi connectivity index (χ1n) is 9.16. The number of ether oxygens (including phenoxy) is 1. The zero-order valence-electron chi connectivity index (χ0n) is 14.4. The molecule has 124 valence electrons. The highest BCUT2D eigenvalue weighted by Crippen LogP contribution is 2.24. The third-order valence-electron chi connectivity index (χ3n) is 5.06. The summed E-state index contributed by atoms with van der Waals surface area (Å²) in [4.78, 5) is 0. The Labute approximate surface area is 136 Å². The molecule has 0 saturated carbocycles. The average molecular weight is 303 g/mol. The van der Waals surface area contributed by atoms with Crippen molar-refractivity contribution in [3.8, 4) is 0 Å². The fourth-order valence-electron chi connectivity index (χ4n) is 3.26. The Kier molecular flexibility index (Phi) is 7.96. The molecule has 2 nitrogen and oxygen atoms in total. The van der Waals surface area contributed by atoms with Gasteiger partial charge in [0.15, 0.2) is 0 Å². The van der Waals surface area contributed by atoms with E-state index in [1.54, 1.807) is 0 Å². The Morgan fingerprint density at radius 1 is 1.05 bits per heavy atom. The minimum atomic E-state index is 0.241. The van der Waals surface area contributed by atoms with E-state index in [0.717, 1.165) is 31.9 Å². The first-order valence-corrected chi connectivity index (χ1v) is 9.16. The molecule has 22 heavy (non-hydrogen) atoms. The summed E-state index contributed by atoms with van der Waals surface area (Å²) in [5.74, 6) is 1.35. The van der Waals surface area contributed by atoms with Gasteiger partial charge in [-0.25, -0.2) is 0 Å². The zero-order chi connectivity index (χ0) is 15.6. The summed E-state index contributed by atoms with van der Waals surface area (Å²) in [6.45, 7) is 6.70. The second kappa shape index (κ2) is 10.0. The highest BCUT2D eigenvalue weighted by molar-refractivity contribution is 5.14. The molecular weight excluding hydrogens is 270 g/mol. The molecule has 1 aromatic rings. The number of unbranched alkanes of at least 4 members (excludes halogenated alkanes) is 1. The molecule has 2 rings (SSSR count). The molecule has 1 saturated heterocycles. The van der Waals surface area contributed by atoms with Crippen molar-refractivity contribution in [2.45, 2.75) is 65.0 Å². The predicted molar refractivity (Wildman–Crippen MR) is 93.9 cm³/mol. The lowest BCUT2D eigenvalue weighted by Gasteiger charge is -2.29. The quantitative estimate of drug-likeness (QED) is 0.763. The minimum Gasteiger partial charge on any atom is -0.363 e. The summed E-state index contributed by atoms with van der Waals surface area (Å²) in [5, 5.41) is 3.63. The van der Waals surface area contributed by atoms with Crippen molar-refractivity contribution in [1.29, 1.82) is 0 Å². The second-order valence-electron chi connectivity index (χ2n) is 6.87. The molecule has 1 aliphatic rings. The molecule has 0 radical (unpaired) electrons. The number of aryl methyl sites for hydroxylation is 1. The van der Waals surface area contributed by atoms with Crippen LogP contribution in [0.2, 0.25) is 0 Å². The summed E-state index contributed by atoms with van der Waals surface area (Å²) < 4.78 is 6.18. The summed E-state index contributed by atoms with van der Waals surface area (Å²) in [6, 6.07) is 10.7. The van der Waals surface area contributed by atoms with Gasteiger partial charge in [-0.15, -0.1) is 0 Å². The van der Waals surface area contributed by atoms with Crippen molar-refractivity contribution in [2.24, 2.45) is 11.8 Å². The van der Waals surface area contributed by atoms with Crippen LogP contribution in [0.25, 0.3) is 0 Å². The lowest BCUT2D eigenvalue weighted by atomic mass is 9.90. The van der Waals surface area contributed by atoms with Crippen LogP contribution in [0, 0.1) is 11.8 Å². The van der Waals surface area contributed by atoms with Crippen LogP contribution in [0.5, 0.6) is 0 Å². The maximum Gasteiger partial charge on any atom is 0.110 e. The van der Waals surface area contributed by atoms with Gasteiger partial charge in [-0.2, -0.15) is 0 Å². The van der Waals surface area contributed by atoms with Gasteiger partial charge >= 0.3 is 0 Å². The molecule has 0 aromatic heterocycles. The van der Waals surface area contributed by atoms with Crippen LogP contribution in [-0.2, 0) is 11.2 Å². The maximum absolute atomic E-state index is 6.18. The van der Waals surface area contributed by atoms with Crippen LogP contribution >= 0.6 is 0 Å². The van der Waals surface area contributed by atoms with Crippen molar-refractivity contribution in [3.63, 3.8) is 0 Å². The van der Waals surface area contributed by atoms with E-state index in [1.165, 1.54) is 37.7 Å². The summed E-state index contributed by atoms with van der Waals surface area (Å²) in [7, 11) is 0. The lowest BCUT2D eigenvalue weighted by Crippen LogP contribution is -2.40. The first-order chi connectivity index (χ1) is 10.8. The van der Waals surface area contributed by atoms with E-state index in [0.29, 0.717) is 5.92 Å². The van der Waals surface area contributed by atoms with Crippen LogP contribution in [-0.4, -0.2) is 19.4 Å². The Morgan fingerprint density at radius 3 is 2.68 bits per heavy atom. The monoisotopic (exact) mass is 303 g/mol. The molecule has 1 N–H and O–H groups in total. The molecule has 2 heteroatoms. The van der Waals surface area contributed by atoms with Crippen LogP contribution in [0.15, 0.2) is 30.3 Å². The normalized spacial score (nSPS) is 26.9. The molecule has 3 atom stereocenters. The van der Waals surface area contributed by atoms with Crippen molar-refractivity contribution in [1.82, 2.24) is 5.32 Å². The number of nitrogens with one attached hydrogen (secondary N) is 1. The van der Waals surface area contributed by atoms with Crippen molar-refractivity contribution >= 4 is 0 Å². The third-order valence-corrected chi connectivity index (χ3v) is 5.06. The van der Waals surface area contributed by atoms with Crippen LogP contribution in [0.4, 0.5) is 0 Å². The number of benzene rings is 1. The van der Waals surface area contributed by atoms with Crippen LogP contribution in [0.3, 0.4) is 0 Å². The maximum atomic E-state index is 6.18. The van der Waals surface area contributed by atoms with E-state index in [4.69, 9.17) is 4.74 Å². The van der Waals surface area contributed by atoms with E-state index in [-0.39, 0.29) is 6.23 Å². The Morgan fingerprint density at radius 2 is 1.86 bits per heavy atom. The van der Waals surface area contributed by atoms with E-state index < -0.39 is 0 Å². The summed E-state index contributed by atoms with van der Waals surface area (Å²) in [6.07, 6.45) is 9.11. The van der Waals surface area contributed by atoms with E-state index in [1.807, 2.05) is 0 Å². The Hall–Kier alpha value is -0.860. The number of hydrogen-bond donors (Lipinski definition) is 1. The molecule has 3 unspecified atom stereocenters. The molecule has 1 aliphatic heterocycles. The highest BCUT2D eigenvalue weighted by atomic mass is 16.5. The number of hydrogen-bond acceptors (Lipinski definition) is 2. The van der Waals surface area contributed by atoms with Gasteiger partial charge in [0.2, 0.25) is 0 Å². The number of rotatable bonds is 6. The highest BCUT2D eigenvalue weighted by Gasteiger charge is 2.23. The topological polar surface area (TPSA) is 21.3 Å². The fraction of sp³-hybridized carbons (Fsp3) is 0.700. The molecule has 1 aromatic carbocycles. The molecule has 1 heterocycles. The van der Waals surface area contributed by atoms with E-state index >= 15 is 0 Å². The molecule has 0 aliphatic carbocycles.